The van der Waals surface area contributed by atoms with E-state index in [1.165, 1.54) is 32.1 Å². The average molecular weight is 263 g/mol. The molecule has 1 aromatic heterocycles. The normalized spacial score (nSPS) is 18.7. The standard InChI is InChI=1S/C12H21N7/c13-18-11-15-10(14-6-5-9-3-4-9)16-12(17-11)19-7-1-2-8-19/h9H,1-8,13H2,(H2,14,15,16,17,18). The molecule has 19 heavy (non-hydrogen) atoms. The molecule has 1 aliphatic carbocycles. The second-order valence-electron chi connectivity index (χ2n) is 5.28. The number of nitrogens with zero attached hydrogens (tertiary/aromatic N) is 4. The Kier molecular flexibility index (Phi) is 3.63. The highest BCUT2D eigenvalue weighted by atomic mass is 15.4. The van der Waals surface area contributed by atoms with Crippen LogP contribution in [0.15, 0.2) is 0 Å². The van der Waals surface area contributed by atoms with Crippen LogP contribution < -0.4 is 21.5 Å². The lowest BCUT2D eigenvalue weighted by atomic mass is 10.3. The molecule has 0 radical (unpaired) electrons. The Morgan fingerprint density at radius 1 is 1.11 bits per heavy atom. The third kappa shape index (κ3) is 3.23. The van der Waals surface area contributed by atoms with Gasteiger partial charge in [0.15, 0.2) is 0 Å². The topological polar surface area (TPSA) is 92.0 Å². The highest BCUT2D eigenvalue weighted by molar-refractivity contribution is 5.43. The Hall–Kier alpha value is -1.63. The van der Waals surface area contributed by atoms with Crippen LogP contribution in [0.5, 0.6) is 0 Å². The molecule has 0 unspecified atom stereocenters. The molecule has 0 aromatic carbocycles. The van der Waals surface area contributed by atoms with E-state index in [0.29, 0.717) is 11.9 Å². The number of hydrogen-bond acceptors (Lipinski definition) is 7. The summed E-state index contributed by atoms with van der Waals surface area (Å²) in [6, 6.07) is 0. The van der Waals surface area contributed by atoms with Gasteiger partial charge in [-0.05, 0) is 25.2 Å². The van der Waals surface area contributed by atoms with Crippen molar-refractivity contribution in [2.24, 2.45) is 11.8 Å². The summed E-state index contributed by atoms with van der Waals surface area (Å²) in [5, 5.41) is 3.27. The fourth-order valence-corrected chi connectivity index (χ4v) is 2.36. The van der Waals surface area contributed by atoms with Crippen molar-refractivity contribution in [2.45, 2.75) is 32.1 Å². The van der Waals surface area contributed by atoms with Crippen molar-refractivity contribution in [3.63, 3.8) is 0 Å². The van der Waals surface area contributed by atoms with Crippen molar-refractivity contribution in [1.82, 2.24) is 15.0 Å². The molecule has 7 heteroatoms. The zero-order valence-electron chi connectivity index (χ0n) is 11.1. The Morgan fingerprint density at radius 2 is 1.84 bits per heavy atom. The molecule has 1 saturated heterocycles. The average Bonchev–Trinajstić information content (AvgIpc) is 3.09. The number of hydrazine groups is 1. The molecule has 104 valence electrons. The third-order valence-electron chi connectivity index (χ3n) is 3.67. The first-order valence-corrected chi connectivity index (χ1v) is 7.06. The zero-order chi connectivity index (χ0) is 13.1. The summed E-state index contributed by atoms with van der Waals surface area (Å²) in [5.74, 6) is 8.08. The summed E-state index contributed by atoms with van der Waals surface area (Å²) in [4.78, 5) is 15.2. The summed E-state index contributed by atoms with van der Waals surface area (Å²) in [7, 11) is 0. The van der Waals surface area contributed by atoms with Gasteiger partial charge in [0.2, 0.25) is 17.8 Å². The highest BCUT2D eigenvalue weighted by Gasteiger charge is 2.21. The van der Waals surface area contributed by atoms with Gasteiger partial charge in [-0.1, -0.05) is 12.8 Å². The minimum absolute atomic E-state index is 0.422. The summed E-state index contributed by atoms with van der Waals surface area (Å²) in [6.45, 7) is 2.93. The fraction of sp³-hybridized carbons (Fsp3) is 0.750. The maximum absolute atomic E-state index is 5.42. The first kappa shape index (κ1) is 12.4. The Labute approximate surface area is 113 Å². The molecule has 0 bridgehead atoms. The SMILES string of the molecule is NNc1nc(NCCC2CC2)nc(N2CCCC2)n1. The van der Waals surface area contributed by atoms with E-state index in [9.17, 15) is 0 Å². The number of nitrogens with one attached hydrogen (secondary N) is 2. The molecule has 2 fully saturated rings. The van der Waals surface area contributed by atoms with Crippen LogP contribution in [0.2, 0.25) is 0 Å². The van der Waals surface area contributed by atoms with Crippen molar-refractivity contribution in [3.8, 4) is 0 Å². The van der Waals surface area contributed by atoms with E-state index in [1.807, 2.05) is 0 Å². The summed E-state index contributed by atoms with van der Waals surface area (Å²) < 4.78 is 0. The molecular formula is C12H21N7. The van der Waals surface area contributed by atoms with E-state index in [1.54, 1.807) is 0 Å². The second kappa shape index (κ2) is 5.56. The van der Waals surface area contributed by atoms with Gasteiger partial charge in [0.1, 0.15) is 0 Å². The molecular weight excluding hydrogens is 242 g/mol. The molecule has 4 N–H and O–H groups in total. The van der Waals surface area contributed by atoms with Crippen molar-refractivity contribution >= 4 is 17.8 Å². The lowest BCUT2D eigenvalue weighted by molar-refractivity contribution is 0.753. The largest absolute Gasteiger partial charge is 0.354 e. The molecule has 2 aliphatic rings. The molecule has 7 nitrogen and oxygen atoms in total. The molecule has 2 heterocycles. The van der Waals surface area contributed by atoms with Gasteiger partial charge in [0.05, 0.1) is 0 Å². The van der Waals surface area contributed by atoms with E-state index in [4.69, 9.17) is 5.84 Å². The van der Waals surface area contributed by atoms with Crippen molar-refractivity contribution in [3.05, 3.63) is 0 Å². The fourth-order valence-electron chi connectivity index (χ4n) is 2.36. The Morgan fingerprint density at radius 3 is 2.53 bits per heavy atom. The lowest BCUT2D eigenvalue weighted by Crippen LogP contribution is -2.23. The molecule has 1 aromatic rings. The maximum atomic E-state index is 5.42. The first-order chi connectivity index (χ1) is 9.35. The zero-order valence-corrected chi connectivity index (χ0v) is 11.1. The van der Waals surface area contributed by atoms with Crippen LogP contribution in [0, 0.1) is 5.92 Å². The van der Waals surface area contributed by atoms with E-state index in [0.717, 1.165) is 31.5 Å². The summed E-state index contributed by atoms with van der Waals surface area (Å²) in [6.07, 6.45) is 6.32. The number of hydrogen-bond donors (Lipinski definition) is 3. The number of rotatable bonds is 6. The van der Waals surface area contributed by atoms with Gasteiger partial charge < -0.3 is 10.2 Å². The lowest BCUT2D eigenvalue weighted by Gasteiger charge is -2.16. The van der Waals surface area contributed by atoms with E-state index in [-0.39, 0.29) is 0 Å². The predicted molar refractivity (Wildman–Crippen MR) is 74.9 cm³/mol. The predicted octanol–water partition coefficient (Wildman–Crippen LogP) is 0.969. The van der Waals surface area contributed by atoms with Gasteiger partial charge in [0.25, 0.3) is 0 Å². The molecule has 1 aliphatic heterocycles. The van der Waals surface area contributed by atoms with Crippen LogP contribution in [0.25, 0.3) is 0 Å². The van der Waals surface area contributed by atoms with Crippen LogP contribution in [0.3, 0.4) is 0 Å². The monoisotopic (exact) mass is 263 g/mol. The molecule has 0 amide bonds. The van der Waals surface area contributed by atoms with Gasteiger partial charge in [-0.3, -0.25) is 5.43 Å². The molecule has 0 atom stereocenters. The van der Waals surface area contributed by atoms with Gasteiger partial charge in [-0.25, -0.2) is 5.84 Å². The van der Waals surface area contributed by atoms with Crippen LogP contribution in [0.1, 0.15) is 32.1 Å². The highest BCUT2D eigenvalue weighted by Crippen LogP contribution is 2.32. The van der Waals surface area contributed by atoms with Crippen LogP contribution in [0.4, 0.5) is 17.8 Å². The quantitative estimate of drug-likeness (QED) is 0.520. The Bertz CT molecular complexity index is 426. The van der Waals surface area contributed by atoms with Gasteiger partial charge >= 0.3 is 0 Å². The Balaban J connectivity index is 1.67. The number of nitrogens with two attached hydrogens (primary N) is 1. The minimum Gasteiger partial charge on any atom is -0.354 e. The van der Waals surface area contributed by atoms with Crippen LogP contribution in [-0.2, 0) is 0 Å². The van der Waals surface area contributed by atoms with E-state index >= 15 is 0 Å². The smallest absolute Gasteiger partial charge is 0.243 e. The summed E-state index contributed by atoms with van der Waals surface area (Å²) >= 11 is 0. The minimum atomic E-state index is 0.422. The maximum Gasteiger partial charge on any atom is 0.243 e. The molecule has 0 spiro atoms. The van der Waals surface area contributed by atoms with Gasteiger partial charge in [0, 0.05) is 19.6 Å². The van der Waals surface area contributed by atoms with Crippen molar-refractivity contribution < 1.29 is 0 Å². The van der Waals surface area contributed by atoms with E-state index in [2.05, 4.69) is 30.6 Å². The summed E-state index contributed by atoms with van der Waals surface area (Å²) in [5.41, 5.74) is 2.51. The second-order valence-corrected chi connectivity index (χ2v) is 5.28. The van der Waals surface area contributed by atoms with Crippen LogP contribution >= 0.6 is 0 Å². The first-order valence-electron chi connectivity index (χ1n) is 7.06. The van der Waals surface area contributed by atoms with Crippen molar-refractivity contribution in [1.29, 1.82) is 0 Å². The number of anilines is 3. The van der Waals surface area contributed by atoms with Gasteiger partial charge in [-0.15, -0.1) is 0 Å². The van der Waals surface area contributed by atoms with E-state index < -0.39 is 0 Å². The van der Waals surface area contributed by atoms with Crippen molar-refractivity contribution in [2.75, 3.05) is 35.3 Å². The number of aromatic nitrogens is 3. The molecule has 3 rings (SSSR count). The molecule has 1 saturated carbocycles. The number of nitrogen functional groups attached to an aromatic ring is 1. The van der Waals surface area contributed by atoms with Gasteiger partial charge in [-0.2, -0.15) is 15.0 Å². The third-order valence-corrected chi connectivity index (χ3v) is 3.67. The van der Waals surface area contributed by atoms with Crippen LogP contribution in [-0.4, -0.2) is 34.6 Å².